The first-order valence-electron chi connectivity index (χ1n) is 6.56. The Morgan fingerprint density at radius 2 is 1.61 bits per heavy atom. The van der Waals surface area contributed by atoms with E-state index in [1.54, 1.807) is 0 Å². The molecule has 2 nitrogen and oxygen atoms in total. The minimum Gasteiger partial charge on any atom is -0.550 e. The maximum Gasteiger partial charge on any atom is 0.0417 e. The van der Waals surface area contributed by atoms with Crippen molar-refractivity contribution >= 4 is 21.9 Å². The van der Waals surface area contributed by atoms with Crippen LogP contribution in [0.5, 0.6) is 0 Å². The Bertz CT molecular complexity index is 363. The molecule has 0 spiro atoms. The number of carbonyl (C=O) groups is 1. The summed E-state index contributed by atoms with van der Waals surface area (Å²) < 4.78 is 0. The van der Waals surface area contributed by atoms with Crippen molar-refractivity contribution in [3.63, 3.8) is 0 Å². The molecule has 0 unspecified atom stereocenters. The van der Waals surface area contributed by atoms with E-state index in [0.717, 1.165) is 17.3 Å². The van der Waals surface area contributed by atoms with Crippen molar-refractivity contribution in [2.24, 2.45) is 0 Å². The molecule has 0 N–H and O–H groups in total. The van der Waals surface area contributed by atoms with Gasteiger partial charge in [-0.2, -0.15) is 0 Å². The lowest BCUT2D eigenvalue weighted by Crippen LogP contribution is -2.22. The van der Waals surface area contributed by atoms with E-state index in [-0.39, 0.29) is 6.42 Å². The van der Waals surface area contributed by atoms with E-state index in [1.807, 2.05) is 18.2 Å². The monoisotopic (exact) mass is 311 g/mol. The molecule has 0 radical (unpaired) electrons. The number of hydrogen-bond acceptors (Lipinski definition) is 2. The number of unbranched alkanes of at least 4 members (excludes halogenated alkanes) is 3. The molecule has 0 atom stereocenters. The van der Waals surface area contributed by atoms with Crippen LogP contribution in [0.15, 0.2) is 24.3 Å². The van der Waals surface area contributed by atoms with E-state index in [0.29, 0.717) is 6.42 Å². The zero-order valence-corrected chi connectivity index (χ0v) is 12.2. The summed E-state index contributed by atoms with van der Waals surface area (Å²) >= 11 is 3.43. The van der Waals surface area contributed by atoms with E-state index in [1.165, 1.54) is 31.2 Å². The summed E-state index contributed by atoms with van der Waals surface area (Å²) in [7, 11) is 0. The Morgan fingerprint density at radius 1 is 1.00 bits per heavy atom. The predicted octanol–water partition coefficient (Wildman–Crippen LogP) is 2.87. The summed E-state index contributed by atoms with van der Waals surface area (Å²) in [6, 6.07) is 8.13. The van der Waals surface area contributed by atoms with Crippen LogP contribution in [0, 0.1) is 0 Å². The molecule has 3 heteroatoms. The molecule has 18 heavy (non-hydrogen) atoms. The number of aliphatic carboxylic acids is 1. The van der Waals surface area contributed by atoms with Crippen LogP contribution in [0.3, 0.4) is 0 Å². The zero-order valence-electron chi connectivity index (χ0n) is 10.7. The number of alkyl halides is 1. The lowest BCUT2D eigenvalue weighted by molar-refractivity contribution is -0.305. The van der Waals surface area contributed by atoms with Crippen molar-refractivity contribution in [2.75, 3.05) is 5.33 Å². The first-order valence-corrected chi connectivity index (χ1v) is 7.68. The van der Waals surface area contributed by atoms with E-state index in [9.17, 15) is 9.90 Å². The first kappa shape index (κ1) is 15.2. The van der Waals surface area contributed by atoms with Gasteiger partial charge in [-0.15, -0.1) is 0 Å². The molecule has 0 aliphatic heterocycles. The van der Waals surface area contributed by atoms with Crippen molar-refractivity contribution in [1.82, 2.24) is 0 Å². The van der Waals surface area contributed by atoms with Crippen molar-refractivity contribution in [2.45, 2.75) is 44.9 Å². The second kappa shape index (κ2) is 9.15. The van der Waals surface area contributed by atoms with Crippen LogP contribution in [0.4, 0.5) is 0 Å². The number of hydrogen-bond donors (Lipinski definition) is 0. The number of halogens is 1. The Balaban J connectivity index is 2.41. The molecule has 0 bridgehead atoms. The molecule has 0 fully saturated rings. The summed E-state index contributed by atoms with van der Waals surface area (Å²) in [6.07, 6.45) is 6.64. The number of benzene rings is 1. The molecular weight excluding hydrogens is 292 g/mol. The van der Waals surface area contributed by atoms with Crippen LogP contribution in [0.25, 0.3) is 0 Å². The van der Waals surface area contributed by atoms with Crippen LogP contribution in [0.1, 0.15) is 43.2 Å². The largest absolute Gasteiger partial charge is 0.550 e. The fourth-order valence-electron chi connectivity index (χ4n) is 2.05. The fraction of sp³-hybridized carbons (Fsp3) is 0.533. The summed E-state index contributed by atoms with van der Waals surface area (Å²) in [5.74, 6) is -0.970. The Labute approximate surface area is 118 Å². The highest BCUT2D eigenvalue weighted by Crippen LogP contribution is 2.15. The number of carboxylic acids is 1. The van der Waals surface area contributed by atoms with Gasteiger partial charge in [-0.25, -0.2) is 0 Å². The summed E-state index contributed by atoms with van der Waals surface area (Å²) in [5.41, 5.74) is 2.44. The molecule has 0 saturated heterocycles. The summed E-state index contributed by atoms with van der Waals surface area (Å²) in [6.45, 7) is 0. The molecule has 0 amide bonds. The highest BCUT2D eigenvalue weighted by Gasteiger charge is 2.02. The molecule has 1 aromatic rings. The molecule has 1 rings (SSSR count). The second-order valence-electron chi connectivity index (χ2n) is 4.49. The van der Waals surface area contributed by atoms with Crippen LogP contribution in [-0.2, 0) is 17.6 Å². The zero-order chi connectivity index (χ0) is 13.2. The minimum atomic E-state index is -0.970. The summed E-state index contributed by atoms with van der Waals surface area (Å²) in [4.78, 5) is 10.5. The fourth-order valence-corrected chi connectivity index (χ4v) is 2.44. The van der Waals surface area contributed by atoms with Gasteiger partial charge in [0.1, 0.15) is 0 Å². The van der Waals surface area contributed by atoms with Gasteiger partial charge in [0, 0.05) is 11.3 Å². The highest BCUT2D eigenvalue weighted by molar-refractivity contribution is 9.09. The predicted molar refractivity (Wildman–Crippen MR) is 75.7 cm³/mol. The topological polar surface area (TPSA) is 40.1 Å². The van der Waals surface area contributed by atoms with Crippen molar-refractivity contribution in [1.29, 1.82) is 0 Å². The van der Waals surface area contributed by atoms with Gasteiger partial charge in [0.15, 0.2) is 0 Å². The van der Waals surface area contributed by atoms with Gasteiger partial charge in [-0.3, -0.25) is 0 Å². The Kier molecular flexibility index (Phi) is 7.74. The van der Waals surface area contributed by atoms with Crippen LogP contribution < -0.4 is 5.11 Å². The maximum absolute atomic E-state index is 10.5. The first-order chi connectivity index (χ1) is 8.74. The molecule has 0 aliphatic rings. The molecule has 100 valence electrons. The normalized spacial score (nSPS) is 10.5. The third-order valence-electron chi connectivity index (χ3n) is 3.05. The molecule has 0 saturated carbocycles. The van der Waals surface area contributed by atoms with Gasteiger partial charge >= 0.3 is 0 Å². The maximum atomic E-state index is 10.5. The lowest BCUT2D eigenvalue weighted by atomic mass is 9.98. The Hall–Kier alpha value is -0.830. The van der Waals surface area contributed by atoms with Gasteiger partial charge in [-0.05, 0) is 43.2 Å². The van der Waals surface area contributed by atoms with E-state index in [4.69, 9.17) is 0 Å². The van der Waals surface area contributed by atoms with Gasteiger partial charge in [0.2, 0.25) is 0 Å². The Morgan fingerprint density at radius 3 is 2.22 bits per heavy atom. The molecule has 0 heterocycles. The second-order valence-corrected chi connectivity index (χ2v) is 5.29. The molecular formula is C15H20BrO2-. The number of carbonyl (C=O) groups excluding carboxylic acids is 1. The smallest absolute Gasteiger partial charge is 0.0417 e. The SMILES string of the molecule is O=C([O-])CCc1ccccc1CCCCCCBr. The van der Waals surface area contributed by atoms with Crippen LogP contribution in [-0.4, -0.2) is 11.3 Å². The number of rotatable bonds is 9. The van der Waals surface area contributed by atoms with E-state index < -0.39 is 5.97 Å². The van der Waals surface area contributed by atoms with Crippen molar-refractivity contribution < 1.29 is 9.90 Å². The van der Waals surface area contributed by atoms with Gasteiger partial charge in [-0.1, -0.05) is 53.0 Å². The third-order valence-corrected chi connectivity index (χ3v) is 3.61. The van der Waals surface area contributed by atoms with Crippen LogP contribution >= 0.6 is 15.9 Å². The highest BCUT2D eigenvalue weighted by atomic mass is 79.9. The van der Waals surface area contributed by atoms with Crippen molar-refractivity contribution in [3.05, 3.63) is 35.4 Å². The van der Waals surface area contributed by atoms with Gasteiger partial charge in [0.25, 0.3) is 0 Å². The average Bonchev–Trinajstić information content (AvgIpc) is 2.37. The molecule has 1 aromatic carbocycles. The molecule has 0 aromatic heterocycles. The van der Waals surface area contributed by atoms with Gasteiger partial charge in [0.05, 0.1) is 0 Å². The average molecular weight is 312 g/mol. The summed E-state index contributed by atoms with van der Waals surface area (Å²) in [5, 5.41) is 11.6. The quantitative estimate of drug-likeness (QED) is 0.519. The van der Waals surface area contributed by atoms with Crippen LogP contribution in [0.2, 0.25) is 0 Å². The lowest BCUT2D eigenvalue weighted by Gasteiger charge is -2.09. The number of carboxylic acid groups (broad SMARTS) is 1. The van der Waals surface area contributed by atoms with E-state index in [2.05, 4.69) is 22.0 Å². The van der Waals surface area contributed by atoms with Gasteiger partial charge < -0.3 is 9.90 Å². The molecule has 0 aliphatic carbocycles. The number of aryl methyl sites for hydroxylation is 2. The third kappa shape index (κ3) is 6.20. The standard InChI is InChI=1S/C15H21BrO2/c16-12-6-2-1-3-7-13-8-4-5-9-14(13)10-11-15(17)18/h4-5,8-9H,1-3,6-7,10-12H2,(H,17,18)/p-1. The minimum absolute atomic E-state index is 0.112. The van der Waals surface area contributed by atoms with Crippen molar-refractivity contribution in [3.8, 4) is 0 Å². The van der Waals surface area contributed by atoms with E-state index >= 15 is 0 Å².